The van der Waals surface area contributed by atoms with Crippen molar-refractivity contribution in [2.45, 2.75) is 19.4 Å². The van der Waals surface area contributed by atoms with Crippen LogP contribution in [0.5, 0.6) is 0 Å². The highest BCUT2D eigenvalue weighted by atomic mass is 35.5. The van der Waals surface area contributed by atoms with Crippen LogP contribution in [0.1, 0.15) is 24.1 Å². The molecule has 1 amide bonds. The molecule has 0 saturated heterocycles. The number of halogens is 1. The molecule has 5 heteroatoms. The van der Waals surface area contributed by atoms with Gasteiger partial charge in [-0.25, -0.2) is 0 Å². The van der Waals surface area contributed by atoms with E-state index in [-0.39, 0.29) is 25.0 Å². The van der Waals surface area contributed by atoms with Gasteiger partial charge in [-0.15, -0.1) is 0 Å². The minimum Gasteiger partial charge on any atom is -0.455 e. The number of hydrogen-bond acceptors (Lipinski definition) is 3. The molecule has 0 spiro atoms. The lowest BCUT2D eigenvalue weighted by Crippen LogP contribution is -2.31. The topological polar surface area (TPSA) is 55.4 Å². The van der Waals surface area contributed by atoms with Gasteiger partial charge in [-0.1, -0.05) is 66.2 Å². The Hall–Kier alpha value is -2.85. The smallest absolute Gasteiger partial charge is 0.310 e. The summed E-state index contributed by atoms with van der Waals surface area (Å²) in [6.07, 6.45) is 0.127. The van der Waals surface area contributed by atoms with Gasteiger partial charge in [0.25, 0.3) is 5.91 Å². The van der Waals surface area contributed by atoms with Crippen molar-refractivity contribution in [1.82, 2.24) is 5.32 Å². The normalized spacial score (nSPS) is 11.8. The second kappa shape index (κ2) is 8.69. The zero-order chi connectivity index (χ0) is 19.2. The van der Waals surface area contributed by atoms with Crippen molar-refractivity contribution in [3.63, 3.8) is 0 Å². The SMILES string of the molecule is C[C@H](NC(=O)COC(=O)Cc1ccc2ccccc2c1)c1cccc(Cl)c1. The summed E-state index contributed by atoms with van der Waals surface area (Å²) in [5, 5.41) is 5.58. The van der Waals surface area contributed by atoms with E-state index in [9.17, 15) is 9.59 Å². The molecule has 0 unspecified atom stereocenters. The van der Waals surface area contributed by atoms with E-state index in [1.165, 1.54) is 0 Å². The van der Waals surface area contributed by atoms with Crippen molar-refractivity contribution in [2.24, 2.45) is 0 Å². The third kappa shape index (κ3) is 5.31. The summed E-state index contributed by atoms with van der Waals surface area (Å²) in [7, 11) is 0. The molecule has 0 bridgehead atoms. The fraction of sp³-hybridized carbons (Fsp3) is 0.182. The predicted octanol–water partition coefficient (Wildman–Crippen LogP) is 4.46. The van der Waals surface area contributed by atoms with E-state index in [1.807, 2.05) is 61.5 Å². The number of esters is 1. The maximum absolute atomic E-state index is 12.0. The van der Waals surface area contributed by atoms with Gasteiger partial charge >= 0.3 is 5.97 Å². The van der Waals surface area contributed by atoms with Crippen molar-refractivity contribution in [3.05, 3.63) is 82.9 Å². The first-order valence-electron chi connectivity index (χ1n) is 8.69. The summed E-state index contributed by atoms with van der Waals surface area (Å²) < 4.78 is 5.10. The molecule has 27 heavy (non-hydrogen) atoms. The van der Waals surface area contributed by atoms with Gasteiger partial charge in [0.05, 0.1) is 12.5 Å². The number of amides is 1. The van der Waals surface area contributed by atoms with Crippen LogP contribution in [-0.4, -0.2) is 18.5 Å². The number of nitrogens with one attached hydrogen (secondary N) is 1. The van der Waals surface area contributed by atoms with E-state index < -0.39 is 5.97 Å². The molecule has 0 aliphatic heterocycles. The van der Waals surface area contributed by atoms with E-state index in [0.29, 0.717) is 5.02 Å². The Morgan fingerprint density at radius 2 is 1.78 bits per heavy atom. The summed E-state index contributed by atoms with van der Waals surface area (Å²) >= 11 is 5.96. The molecule has 4 nitrogen and oxygen atoms in total. The van der Waals surface area contributed by atoms with Crippen LogP contribution in [0.4, 0.5) is 0 Å². The molecule has 0 fully saturated rings. The predicted molar refractivity (Wildman–Crippen MR) is 107 cm³/mol. The summed E-state index contributed by atoms with van der Waals surface area (Å²) in [4.78, 5) is 24.1. The van der Waals surface area contributed by atoms with Crippen molar-refractivity contribution >= 4 is 34.2 Å². The van der Waals surface area contributed by atoms with Crippen molar-refractivity contribution < 1.29 is 14.3 Å². The van der Waals surface area contributed by atoms with Crippen LogP contribution in [0.3, 0.4) is 0 Å². The Kier molecular flexibility index (Phi) is 6.09. The third-order valence-corrected chi connectivity index (χ3v) is 4.49. The Morgan fingerprint density at radius 3 is 2.56 bits per heavy atom. The first-order valence-corrected chi connectivity index (χ1v) is 9.07. The van der Waals surface area contributed by atoms with Crippen LogP contribution in [0.15, 0.2) is 66.7 Å². The number of carbonyl (C=O) groups excluding carboxylic acids is 2. The molecule has 0 heterocycles. The van der Waals surface area contributed by atoms with Crippen LogP contribution >= 0.6 is 11.6 Å². The second-order valence-corrected chi connectivity index (χ2v) is 6.80. The molecule has 0 saturated carbocycles. The Balaban J connectivity index is 1.49. The Morgan fingerprint density at radius 1 is 1.00 bits per heavy atom. The van der Waals surface area contributed by atoms with Gasteiger partial charge in [0.2, 0.25) is 0 Å². The quantitative estimate of drug-likeness (QED) is 0.641. The van der Waals surface area contributed by atoms with E-state index in [1.54, 1.807) is 12.1 Å². The lowest BCUT2D eigenvalue weighted by Gasteiger charge is -2.14. The fourth-order valence-corrected chi connectivity index (χ4v) is 3.05. The van der Waals surface area contributed by atoms with Gasteiger partial charge in [-0.05, 0) is 41.0 Å². The average Bonchev–Trinajstić information content (AvgIpc) is 2.66. The largest absolute Gasteiger partial charge is 0.455 e. The van der Waals surface area contributed by atoms with Crippen LogP contribution in [0, 0.1) is 0 Å². The van der Waals surface area contributed by atoms with E-state index in [2.05, 4.69) is 5.32 Å². The molecule has 1 N–H and O–H groups in total. The van der Waals surface area contributed by atoms with Crippen LogP contribution in [0.25, 0.3) is 10.8 Å². The van der Waals surface area contributed by atoms with Crippen molar-refractivity contribution in [1.29, 1.82) is 0 Å². The first-order chi connectivity index (χ1) is 13.0. The lowest BCUT2D eigenvalue weighted by molar-refractivity contribution is -0.148. The monoisotopic (exact) mass is 381 g/mol. The molecule has 138 valence electrons. The third-order valence-electron chi connectivity index (χ3n) is 4.25. The minimum atomic E-state index is -0.434. The molecular weight excluding hydrogens is 362 g/mol. The van der Waals surface area contributed by atoms with E-state index in [4.69, 9.17) is 16.3 Å². The standard InChI is InChI=1S/C22H20ClNO3/c1-15(18-7-4-8-20(23)13-18)24-21(25)14-27-22(26)12-16-9-10-17-5-2-3-6-19(17)11-16/h2-11,13,15H,12,14H2,1H3,(H,24,25)/t15-/m0/s1. The number of rotatable bonds is 6. The van der Waals surface area contributed by atoms with Crippen LogP contribution < -0.4 is 5.32 Å². The second-order valence-electron chi connectivity index (χ2n) is 6.36. The summed E-state index contributed by atoms with van der Waals surface area (Å²) in [6, 6.07) is 20.8. The van der Waals surface area contributed by atoms with Gasteiger partial charge in [0, 0.05) is 5.02 Å². The highest BCUT2D eigenvalue weighted by Gasteiger charge is 2.13. The van der Waals surface area contributed by atoms with E-state index >= 15 is 0 Å². The van der Waals surface area contributed by atoms with Crippen molar-refractivity contribution in [2.75, 3.05) is 6.61 Å². The minimum absolute atomic E-state index is 0.127. The summed E-state index contributed by atoms with van der Waals surface area (Å²) in [5.41, 5.74) is 1.74. The van der Waals surface area contributed by atoms with Gasteiger partial charge in [-0.2, -0.15) is 0 Å². The van der Waals surface area contributed by atoms with Gasteiger partial charge < -0.3 is 10.1 Å². The average molecular weight is 382 g/mol. The Bertz CT molecular complexity index is 970. The number of ether oxygens (including phenoxy) is 1. The Labute approximate surface area is 163 Å². The summed E-state index contributed by atoms with van der Waals surface area (Å²) in [6.45, 7) is 1.54. The molecule has 0 aromatic heterocycles. The molecule has 0 radical (unpaired) electrons. The molecule has 1 atom stereocenters. The fourth-order valence-electron chi connectivity index (χ4n) is 2.85. The summed E-state index contributed by atoms with van der Waals surface area (Å²) in [5.74, 6) is -0.787. The van der Waals surface area contributed by atoms with Gasteiger partial charge in [0.15, 0.2) is 6.61 Å². The number of fused-ring (bicyclic) bond motifs is 1. The highest BCUT2D eigenvalue weighted by molar-refractivity contribution is 6.30. The van der Waals surface area contributed by atoms with Gasteiger partial charge in [0.1, 0.15) is 0 Å². The maximum atomic E-state index is 12.0. The first kappa shape index (κ1) is 18.9. The number of hydrogen-bond donors (Lipinski definition) is 1. The van der Waals surface area contributed by atoms with E-state index in [0.717, 1.165) is 21.9 Å². The van der Waals surface area contributed by atoms with Crippen LogP contribution in [-0.2, 0) is 20.7 Å². The van der Waals surface area contributed by atoms with Gasteiger partial charge in [-0.3, -0.25) is 9.59 Å². The zero-order valence-electron chi connectivity index (χ0n) is 14.9. The molecule has 3 aromatic carbocycles. The molecule has 3 aromatic rings. The molecule has 0 aliphatic carbocycles. The van der Waals surface area contributed by atoms with Crippen LogP contribution in [0.2, 0.25) is 5.02 Å². The van der Waals surface area contributed by atoms with Crippen molar-refractivity contribution in [3.8, 4) is 0 Å². The number of benzene rings is 3. The lowest BCUT2D eigenvalue weighted by atomic mass is 10.1. The molecule has 0 aliphatic rings. The number of carbonyl (C=O) groups is 2. The zero-order valence-corrected chi connectivity index (χ0v) is 15.7. The molecule has 3 rings (SSSR count). The maximum Gasteiger partial charge on any atom is 0.310 e. The highest BCUT2D eigenvalue weighted by Crippen LogP contribution is 2.18. The molecular formula is C22H20ClNO3.